The molecule has 0 spiro atoms. The van der Waals surface area contributed by atoms with Crippen LogP contribution in [0.4, 0.5) is 0 Å². The van der Waals surface area contributed by atoms with E-state index in [-0.39, 0.29) is 17.4 Å². The SMILES string of the molecule is C[n+]1c(/C=C/c2cccc(O)c2O)n(CCCCCC(=O)NCCN)c2cc(Cl)c(Cl)cc21. The second kappa shape index (κ2) is 11.4. The second-order valence-electron chi connectivity index (χ2n) is 7.82. The number of hydrogen-bond acceptors (Lipinski definition) is 4. The fourth-order valence-electron chi connectivity index (χ4n) is 3.76. The van der Waals surface area contributed by atoms with Gasteiger partial charge in [-0.1, -0.05) is 35.3 Å². The number of nitrogens with two attached hydrogens (primary N) is 1. The zero-order valence-electron chi connectivity index (χ0n) is 18.5. The lowest BCUT2D eigenvalue weighted by Gasteiger charge is -2.04. The van der Waals surface area contributed by atoms with E-state index in [2.05, 4.69) is 9.88 Å². The summed E-state index contributed by atoms with van der Waals surface area (Å²) >= 11 is 12.6. The minimum absolute atomic E-state index is 0.0224. The fourth-order valence-corrected chi connectivity index (χ4v) is 4.07. The molecule has 176 valence electrons. The number of phenolic OH excluding ortho intramolecular Hbond substituents is 2. The van der Waals surface area contributed by atoms with E-state index >= 15 is 0 Å². The van der Waals surface area contributed by atoms with Crippen LogP contribution < -0.4 is 15.6 Å². The zero-order chi connectivity index (χ0) is 24.0. The van der Waals surface area contributed by atoms with Gasteiger partial charge in [-0.15, -0.1) is 0 Å². The average molecular weight is 492 g/mol. The van der Waals surface area contributed by atoms with Crippen molar-refractivity contribution in [2.24, 2.45) is 12.8 Å². The molecule has 0 bridgehead atoms. The van der Waals surface area contributed by atoms with Gasteiger partial charge in [0.15, 0.2) is 22.5 Å². The molecule has 5 N–H and O–H groups in total. The van der Waals surface area contributed by atoms with Crippen LogP contribution in [-0.2, 0) is 18.4 Å². The molecule has 1 heterocycles. The van der Waals surface area contributed by atoms with Crippen molar-refractivity contribution >= 4 is 52.3 Å². The number of carbonyl (C=O) groups excluding carboxylic acids is 1. The number of amides is 1. The number of rotatable bonds is 10. The van der Waals surface area contributed by atoms with Gasteiger partial charge in [0.2, 0.25) is 5.91 Å². The quantitative estimate of drug-likeness (QED) is 0.195. The van der Waals surface area contributed by atoms with Crippen LogP contribution in [0.3, 0.4) is 0 Å². The van der Waals surface area contributed by atoms with Crippen molar-refractivity contribution in [2.75, 3.05) is 13.1 Å². The molecular weight excluding hydrogens is 463 g/mol. The molecule has 0 fully saturated rings. The molecule has 0 aliphatic carbocycles. The van der Waals surface area contributed by atoms with Gasteiger partial charge in [-0.25, -0.2) is 9.13 Å². The minimum Gasteiger partial charge on any atom is -0.504 e. The smallest absolute Gasteiger partial charge is 0.282 e. The fraction of sp³-hybridized carbons (Fsp3) is 0.333. The molecule has 0 atom stereocenters. The molecule has 9 heteroatoms. The van der Waals surface area contributed by atoms with Gasteiger partial charge < -0.3 is 21.3 Å². The summed E-state index contributed by atoms with van der Waals surface area (Å²) in [5.41, 5.74) is 7.77. The Kier molecular flexibility index (Phi) is 8.61. The molecule has 0 aliphatic rings. The Labute approximate surface area is 203 Å². The van der Waals surface area contributed by atoms with Crippen molar-refractivity contribution in [2.45, 2.75) is 32.2 Å². The number of nitrogens with one attached hydrogen (secondary N) is 1. The maximum atomic E-state index is 11.8. The molecule has 3 aromatic rings. The summed E-state index contributed by atoms with van der Waals surface area (Å²) in [6.45, 7) is 1.65. The molecule has 3 rings (SSSR count). The largest absolute Gasteiger partial charge is 0.504 e. The first-order valence-electron chi connectivity index (χ1n) is 10.9. The Bertz CT molecular complexity index is 1170. The van der Waals surface area contributed by atoms with Crippen LogP contribution in [0.1, 0.15) is 37.1 Å². The van der Waals surface area contributed by atoms with Crippen LogP contribution in [0.25, 0.3) is 23.2 Å². The third-order valence-electron chi connectivity index (χ3n) is 5.50. The molecule has 1 aromatic heterocycles. The first-order chi connectivity index (χ1) is 15.8. The monoisotopic (exact) mass is 491 g/mol. The van der Waals surface area contributed by atoms with Crippen LogP contribution in [-0.4, -0.2) is 33.8 Å². The Morgan fingerprint density at radius 3 is 2.67 bits per heavy atom. The van der Waals surface area contributed by atoms with E-state index in [0.717, 1.165) is 36.1 Å². The number of unbranched alkanes of at least 4 members (excludes halogenated alkanes) is 2. The number of hydrogen-bond donors (Lipinski definition) is 4. The first-order valence-corrected chi connectivity index (χ1v) is 11.6. The van der Waals surface area contributed by atoms with Gasteiger partial charge in [-0.05, 0) is 31.4 Å². The lowest BCUT2D eigenvalue weighted by atomic mass is 10.1. The molecule has 0 aliphatic heterocycles. The number of benzene rings is 2. The van der Waals surface area contributed by atoms with Crippen molar-refractivity contribution in [3.8, 4) is 11.5 Å². The zero-order valence-corrected chi connectivity index (χ0v) is 20.0. The first kappa shape index (κ1) is 24.9. The Morgan fingerprint density at radius 1 is 1.15 bits per heavy atom. The summed E-state index contributed by atoms with van der Waals surface area (Å²) in [4.78, 5) is 11.8. The summed E-state index contributed by atoms with van der Waals surface area (Å²) in [6, 6.07) is 8.52. The van der Waals surface area contributed by atoms with Gasteiger partial charge in [-0.2, -0.15) is 0 Å². The number of imidazole rings is 1. The maximum Gasteiger partial charge on any atom is 0.282 e. The molecular formula is C24H29Cl2N4O3+. The van der Waals surface area contributed by atoms with Gasteiger partial charge in [0, 0.05) is 43.3 Å². The van der Waals surface area contributed by atoms with Gasteiger partial charge >= 0.3 is 0 Å². The second-order valence-corrected chi connectivity index (χ2v) is 8.64. The third-order valence-corrected chi connectivity index (χ3v) is 6.22. The lowest BCUT2D eigenvalue weighted by molar-refractivity contribution is -0.647. The average Bonchev–Trinajstić information content (AvgIpc) is 3.03. The molecule has 0 saturated carbocycles. The van der Waals surface area contributed by atoms with E-state index in [1.165, 1.54) is 6.07 Å². The predicted molar refractivity (Wildman–Crippen MR) is 132 cm³/mol. The highest BCUT2D eigenvalue weighted by Gasteiger charge is 2.22. The summed E-state index contributed by atoms with van der Waals surface area (Å²) in [7, 11) is 1.94. The summed E-state index contributed by atoms with van der Waals surface area (Å²) < 4.78 is 4.15. The molecule has 0 radical (unpaired) electrons. The number of phenols is 2. The van der Waals surface area contributed by atoms with E-state index in [9.17, 15) is 15.0 Å². The van der Waals surface area contributed by atoms with Gasteiger partial charge in [0.05, 0.1) is 23.6 Å². The Hall–Kier alpha value is -2.74. The maximum absolute atomic E-state index is 11.8. The van der Waals surface area contributed by atoms with Crippen molar-refractivity contribution < 1.29 is 19.6 Å². The van der Waals surface area contributed by atoms with Crippen molar-refractivity contribution in [1.29, 1.82) is 0 Å². The molecule has 7 nitrogen and oxygen atoms in total. The van der Waals surface area contributed by atoms with Crippen molar-refractivity contribution in [3.05, 3.63) is 51.8 Å². The Balaban J connectivity index is 1.84. The highest BCUT2D eigenvalue weighted by Crippen LogP contribution is 2.31. The van der Waals surface area contributed by atoms with Gasteiger partial charge in [0.1, 0.15) is 0 Å². The van der Waals surface area contributed by atoms with Crippen LogP contribution in [0, 0.1) is 0 Å². The van der Waals surface area contributed by atoms with Crippen molar-refractivity contribution in [3.63, 3.8) is 0 Å². The summed E-state index contributed by atoms with van der Waals surface area (Å²) in [5.74, 6) is 0.565. The van der Waals surface area contributed by atoms with Crippen LogP contribution >= 0.6 is 23.2 Å². The Morgan fingerprint density at radius 2 is 1.91 bits per heavy atom. The molecule has 33 heavy (non-hydrogen) atoms. The van der Waals surface area contributed by atoms with E-state index < -0.39 is 0 Å². The van der Waals surface area contributed by atoms with E-state index in [0.29, 0.717) is 41.7 Å². The minimum atomic E-state index is -0.170. The number of fused-ring (bicyclic) bond motifs is 1. The molecule has 0 unspecified atom stereocenters. The molecule has 1 amide bonds. The number of aromatic hydroxyl groups is 2. The predicted octanol–water partition coefficient (Wildman–Crippen LogP) is 3.99. The standard InChI is InChI=1S/C24H28Cl2N4O3/c1-29-19-14-17(25)18(26)15-20(19)30(13-4-2-3-8-22(32)28-12-11-27)23(29)10-9-16-6-5-7-21(31)24(16)33/h5-7,9-10,14-15H,2-4,8,11-13,27H2,1H3,(H2,28,31,32)/p+1. The van der Waals surface area contributed by atoms with Gasteiger partial charge in [0.25, 0.3) is 5.82 Å². The number of halogens is 2. The molecule has 0 saturated heterocycles. The van der Waals surface area contributed by atoms with E-state index in [1.807, 2.05) is 29.8 Å². The van der Waals surface area contributed by atoms with Crippen LogP contribution in [0.2, 0.25) is 10.0 Å². The van der Waals surface area contributed by atoms with E-state index in [1.54, 1.807) is 18.2 Å². The normalized spacial score (nSPS) is 11.5. The van der Waals surface area contributed by atoms with E-state index in [4.69, 9.17) is 28.9 Å². The van der Waals surface area contributed by atoms with Crippen LogP contribution in [0.5, 0.6) is 11.5 Å². The van der Waals surface area contributed by atoms with Crippen LogP contribution in [0.15, 0.2) is 30.3 Å². The summed E-state index contributed by atoms with van der Waals surface area (Å²) in [5, 5.41) is 23.6. The van der Waals surface area contributed by atoms with Gasteiger partial charge in [-0.3, -0.25) is 4.79 Å². The number of para-hydroxylation sites is 1. The number of carbonyl (C=O) groups is 1. The highest BCUT2D eigenvalue weighted by atomic mass is 35.5. The third kappa shape index (κ3) is 5.99. The molecule has 2 aromatic carbocycles. The number of aryl methyl sites for hydroxylation is 2. The van der Waals surface area contributed by atoms with Crippen molar-refractivity contribution in [1.82, 2.24) is 9.88 Å². The lowest BCUT2D eigenvalue weighted by Crippen LogP contribution is -2.31. The topological polar surface area (TPSA) is 104 Å². The number of nitrogens with zero attached hydrogens (tertiary/aromatic N) is 2. The highest BCUT2D eigenvalue weighted by molar-refractivity contribution is 6.42. The summed E-state index contributed by atoms with van der Waals surface area (Å²) in [6.07, 6.45) is 6.66. The number of aromatic nitrogens is 2.